The van der Waals surface area contributed by atoms with Crippen molar-refractivity contribution in [1.29, 1.82) is 0 Å². The number of carbonyl (C=O) groups is 2. The molecule has 116 valence electrons. The molecule has 22 heavy (non-hydrogen) atoms. The van der Waals surface area contributed by atoms with Gasteiger partial charge in [-0.25, -0.2) is 9.18 Å². The molecule has 0 aliphatic carbocycles. The van der Waals surface area contributed by atoms with Crippen molar-refractivity contribution >= 4 is 33.3 Å². The summed E-state index contributed by atoms with van der Waals surface area (Å²) >= 11 is 1.22. The number of aryl methyl sites for hydroxylation is 1. The lowest BCUT2D eigenvalue weighted by atomic mass is 9.99. The van der Waals surface area contributed by atoms with Crippen LogP contribution >= 0.6 is 11.3 Å². The van der Waals surface area contributed by atoms with Crippen LogP contribution in [0.4, 0.5) is 4.39 Å². The minimum absolute atomic E-state index is 0.319. The number of thiophene rings is 1. The number of hydrogen-bond acceptors (Lipinski definition) is 3. The van der Waals surface area contributed by atoms with E-state index in [2.05, 4.69) is 0 Å². The maximum absolute atomic E-state index is 14.0. The number of fused-ring (bicyclic) bond motifs is 1. The molecule has 1 N–H and O–H groups in total. The van der Waals surface area contributed by atoms with E-state index >= 15 is 0 Å². The summed E-state index contributed by atoms with van der Waals surface area (Å²) < 4.78 is 14.7. The molecule has 0 bridgehead atoms. The largest absolute Gasteiger partial charge is 0.480 e. The number of carbonyl (C=O) groups excluding carboxylic acids is 1. The van der Waals surface area contributed by atoms with Crippen molar-refractivity contribution in [3.63, 3.8) is 0 Å². The number of aliphatic carboxylic acids is 1. The zero-order valence-corrected chi connectivity index (χ0v) is 13.2. The van der Waals surface area contributed by atoms with Gasteiger partial charge in [0.2, 0.25) is 0 Å². The maximum Gasteiger partial charge on any atom is 0.329 e. The van der Waals surface area contributed by atoms with Crippen LogP contribution in [0, 0.1) is 12.7 Å². The molecule has 1 aromatic heterocycles. The number of amides is 1. The lowest BCUT2D eigenvalue weighted by molar-refractivity contribution is -0.147. The van der Waals surface area contributed by atoms with E-state index in [1.165, 1.54) is 22.3 Å². The smallest absolute Gasteiger partial charge is 0.329 e. The van der Waals surface area contributed by atoms with Gasteiger partial charge in [-0.2, -0.15) is 0 Å². The molecule has 2 heterocycles. The Hall–Kier alpha value is -1.95. The molecule has 1 atom stereocenters. The summed E-state index contributed by atoms with van der Waals surface area (Å²) in [6.45, 7) is 3.70. The van der Waals surface area contributed by atoms with Gasteiger partial charge in [-0.3, -0.25) is 4.79 Å². The molecule has 1 fully saturated rings. The highest BCUT2D eigenvalue weighted by molar-refractivity contribution is 7.21. The second kappa shape index (κ2) is 5.05. The quantitative estimate of drug-likeness (QED) is 0.922. The number of nitrogens with zero attached hydrogens (tertiary/aromatic N) is 1. The third kappa shape index (κ3) is 2.01. The van der Waals surface area contributed by atoms with E-state index in [1.807, 2.05) is 0 Å². The van der Waals surface area contributed by atoms with Gasteiger partial charge in [0.05, 0.1) is 4.88 Å². The summed E-state index contributed by atoms with van der Waals surface area (Å²) in [5.41, 5.74) is -0.596. The van der Waals surface area contributed by atoms with Crippen LogP contribution < -0.4 is 0 Å². The first-order valence-electron chi connectivity index (χ1n) is 7.09. The Morgan fingerprint density at radius 3 is 2.77 bits per heavy atom. The molecule has 2 aromatic rings. The first-order chi connectivity index (χ1) is 10.4. The normalized spacial score (nSPS) is 21.5. The van der Waals surface area contributed by atoms with Gasteiger partial charge in [0.1, 0.15) is 11.4 Å². The standard InChI is InChI=1S/C16H16FNO3S/c1-9-12-10(17)5-3-6-11(12)22-13(9)14(19)18-8-4-7-16(18,2)15(20)21/h3,5-6H,4,7-8H2,1-2H3,(H,20,21). The second-order valence-corrected chi connectivity index (χ2v) is 6.86. The number of rotatable bonds is 2. The minimum atomic E-state index is -1.18. The van der Waals surface area contributed by atoms with Crippen LogP contribution in [0.1, 0.15) is 35.0 Å². The molecule has 1 saturated heterocycles. The third-order valence-corrected chi connectivity index (χ3v) is 5.69. The van der Waals surface area contributed by atoms with Gasteiger partial charge in [0.15, 0.2) is 0 Å². The molecule has 4 nitrogen and oxygen atoms in total. The fraction of sp³-hybridized carbons (Fsp3) is 0.375. The Kier molecular flexibility index (Phi) is 3.44. The SMILES string of the molecule is Cc1c(C(=O)N2CCCC2(C)C(=O)O)sc2cccc(F)c12. The number of halogens is 1. The van der Waals surface area contributed by atoms with E-state index in [0.29, 0.717) is 39.9 Å². The number of benzene rings is 1. The van der Waals surface area contributed by atoms with Crippen molar-refractivity contribution in [3.05, 3.63) is 34.5 Å². The lowest BCUT2D eigenvalue weighted by Crippen LogP contribution is -2.50. The molecule has 1 amide bonds. The Morgan fingerprint density at radius 2 is 2.14 bits per heavy atom. The molecule has 3 rings (SSSR count). The molecule has 1 aliphatic heterocycles. The average molecular weight is 321 g/mol. The van der Waals surface area contributed by atoms with E-state index < -0.39 is 11.5 Å². The number of carboxylic acid groups (broad SMARTS) is 1. The first kappa shape index (κ1) is 15.0. The van der Waals surface area contributed by atoms with Gasteiger partial charge < -0.3 is 10.0 Å². The highest BCUT2D eigenvalue weighted by Gasteiger charge is 2.46. The van der Waals surface area contributed by atoms with E-state index in [9.17, 15) is 19.1 Å². The van der Waals surface area contributed by atoms with E-state index in [4.69, 9.17) is 0 Å². The van der Waals surface area contributed by atoms with Crippen LogP contribution in [0.2, 0.25) is 0 Å². The van der Waals surface area contributed by atoms with Crippen molar-refractivity contribution in [2.75, 3.05) is 6.54 Å². The maximum atomic E-state index is 14.0. The average Bonchev–Trinajstić information content (AvgIpc) is 3.01. The summed E-state index contributed by atoms with van der Waals surface area (Å²) in [7, 11) is 0. The van der Waals surface area contributed by atoms with Crippen LogP contribution in [0.15, 0.2) is 18.2 Å². The summed E-state index contributed by atoms with van der Waals surface area (Å²) in [4.78, 5) is 26.2. The topological polar surface area (TPSA) is 57.6 Å². The van der Waals surface area contributed by atoms with Crippen LogP contribution in [0.3, 0.4) is 0 Å². The highest BCUT2D eigenvalue weighted by Crippen LogP contribution is 2.37. The predicted octanol–water partition coefficient (Wildman–Crippen LogP) is 3.43. The lowest BCUT2D eigenvalue weighted by Gasteiger charge is -2.31. The van der Waals surface area contributed by atoms with E-state index in [1.54, 1.807) is 26.0 Å². The second-order valence-electron chi connectivity index (χ2n) is 5.81. The summed E-state index contributed by atoms with van der Waals surface area (Å²) in [6, 6.07) is 4.75. The molecule has 1 aliphatic rings. The molecule has 6 heteroatoms. The number of likely N-dealkylation sites (tertiary alicyclic amines) is 1. The first-order valence-corrected chi connectivity index (χ1v) is 7.91. The van der Waals surface area contributed by atoms with Crippen LogP contribution in [-0.4, -0.2) is 34.0 Å². The van der Waals surface area contributed by atoms with Crippen LogP contribution in [0.5, 0.6) is 0 Å². The van der Waals surface area contributed by atoms with Gasteiger partial charge in [-0.1, -0.05) is 6.07 Å². The van der Waals surface area contributed by atoms with Gasteiger partial charge in [0.25, 0.3) is 5.91 Å². The zero-order chi connectivity index (χ0) is 16.1. The van der Waals surface area contributed by atoms with Gasteiger partial charge in [0, 0.05) is 16.6 Å². The fourth-order valence-corrected chi connectivity index (χ4v) is 4.26. The van der Waals surface area contributed by atoms with Crippen LogP contribution in [0.25, 0.3) is 10.1 Å². The van der Waals surface area contributed by atoms with Crippen molar-refractivity contribution < 1.29 is 19.1 Å². The summed E-state index contributed by atoms with van der Waals surface area (Å²) in [5, 5.41) is 9.89. The molecule has 0 radical (unpaired) electrons. The Bertz CT molecular complexity index is 785. The van der Waals surface area contributed by atoms with E-state index in [-0.39, 0.29) is 11.7 Å². The molecular weight excluding hydrogens is 305 g/mol. The predicted molar refractivity (Wildman–Crippen MR) is 82.8 cm³/mol. The van der Waals surface area contributed by atoms with Crippen molar-refractivity contribution in [1.82, 2.24) is 4.90 Å². The van der Waals surface area contributed by atoms with E-state index in [0.717, 1.165) is 0 Å². The monoisotopic (exact) mass is 321 g/mol. The van der Waals surface area contributed by atoms with Gasteiger partial charge >= 0.3 is 5.97 Å². The molecule has 0 saturated carbocycles. The van der Waals surface area contributed by atoms with Crippen molar-refractivity contribution in [3.8, 4) is 0 Å². The van der Waals surface area contributed by atoms with Crippen molar-refractivity contribution in [2.24, 2.45) is 0 Å². The minimum Gasteiger partial charge on any atom is -0.480 e. The Labute approximate surface area is 131 Å². The fourth-order valence-electron chi connectivity index (χ4n) is 3.09. The Balaban J connectivity index is 2.08. The van der Waals surface area contributed by atoms with Crippen LogP contribution in [-0.2, 0) is 4.79 Å². The number of carboxylic acids is 1. The highest BCUT2D eigenvalue weighted by atomic mass is 32.1. The molecular formula is C16H16FNO3S. The molecule has 1 unspecified atom stereocenters. The zero-order valence-electron chi connectivity index (χ0n) is 12.4. The molecule has 0 spiro atoms. The summed E-state index contributed by atoms with van der Waals surface area (Å²) in [5.74, 6) is -1.67. The molecule has 1 aromatic carbocycles. The van der Waals surface area contributed by atoms with Crippen molar-refractivity contribution in [2.45, 2.75) is 32.2 Å². The van der Waals surface area contributed by atoms with Gasteiger partial charge in [-0.15, -0.1) is 11.3 Å². The summed E-state index contributed by atoms with van der Waals surface area (Å²) in [6.07, 6.45) is 1.10. The number of hydrogen-bond donors (Lipinski definition) is 1. The third-order valence-electron chi connectivity index (χ3n) is 4.44. The Morgan fingerprint density at radius 1 is 1.41 bits per heavy atom. The van der Waals surface area contributed by atoms with Gasteiger partial charge in [-0.05, 0) is 44.4 Å².